The van der Waals surface area contributed by atoms with E-state index in [2.05, 4.69) is 9.88 Å². The molecule has 3 aromatic rings. The summed E-state index contributed by atoms with van der Waals surface area (Å²) in [6.07, 6.45) is 1.64. The van der Waals surface area contributed by atoms with Gasteiger partial charge in [-0.1, -0.05) is 29.8 Å². The molecule has 1 aromatic heterocycles. The minimum absolute atomic E-state index is 0.0367. The highest BCUT2D eigenvalue weighted by Crippen LogP contribution is 2.25. The Morgan fingerprint density at radius 3 is 2.50 bits per heavy atom. The summed E-state index contributed by atoms with van der Waals surface area (Å²) in [5.74, 6) is 0.376. The van der Waals surface area contributed by atoms with Crippen LogP contribution in [0.15, 0.2) is 60.2 Å². The van der Waals surface area contributed by atoms with E-state index in [9.17, 15) is 10.1 Å². The van der Waals surface area contributed by atoms with E-state index in [0.717, 1.165) is 34.0 Å². The zero-order valence-electron chi connectivity index (χ0n) is 18.6. The fourth-order valence-corrected chi connectivity index (χ4v) is 3.63. The number of hydrogen-bond donors (Lipinski definition) is 1. The van der Waals surface area contributed by atoms with Crippen LogP contribution in [0.1, 0.15) is 36.4 Å². The summed E-state index contributed by atoms with van der Waals surface area (Å²) >= 11 is 6.19. The summed E-state index contributed by atoms with van der Waals surface area (Å²) < 4.78 is 7.95. The molecule has 0 aliphatic rings. The fraction of sp³-hybridized carbons (Fsp3) is 0.231. The second-order valence-electron chi connectivity index (χ2n) is 7.83. The first kappa shape index (κ1) is 23.2. The molecule has 0 bridgehead atoms. The smallest absolute Gasteiger partial charge is 0.262 e. The Kier molecular flexibility index (Phi) is 7.40. The number of carbonyl (C=O) groups is 1. The number of rotatable bonds is 7. The van der Waals surface area contributed by atoms with Crippen molar-refractivity contribution in [3.63, 3.8) is 0 Å². The summed E-state index contributed by atoms with van der Waals surface area (Å²) in [5, 5.41) is 12.9. The molecule has 6 heteroatoms. The SMILES string of the molecule is Cc1cc(/C=C(/C#N)C(=O)NC(C)C)c(C)n1-c1ccc(OCc2ccccc2Cl)cc1. The molecule has 0 aliphatic carbocycles. The number of ether oxygens (including phenoxy) is 1. The van der Waals surface area contributed by atoms with Gasteiger partial charge in [-0.2, -0.15) is 5.26 Å². The van der Waals surface area contributed by atoms with Crippen LogP contribution in [-0.2, 0) is 11.4 Å². The van der Waals surface area contributed by atoms with Gasteiger partial charge in [0.25, 0.3) is 5.91 Å². The molecule has 5 nitrogen and oxygen atoms in total. The first-order valence-corrected chi connectivity index (χ1v) is 10.8. The highest BCUT2D eigenvalue weighted by molar-refractivity contribution is 6.31. The minimum atomic E-state index is -0.368. The van der Waals surface area contributed by atoms with Gasteiger partial charge in [0.2, 0.25) is 0 Å². The van der Waals surface area contributed by atoms with Crippen molar-refractivity contribution in [1.29, 1.82) is 5.26 Å². The number of nitrogens with zero attached hydrogens (tertiary/aromatic N) is 2. The topological polar surface area (TPSA) is 67.0 Å². The van der Waals surface area contributed by atoms with Crippen molar-refractivity contribution in [3.05, 3.63) is 87.7 Å². The standard InChI is InChI=1S/C26H26ClN3O2/c1-17(2)29-26(31)22(15-28)14-21-13-18(3)30(19(21)4)23-9-11-24(12-10-23)32-16-20-7-5-6-8-25(20)27/h5-14,17H,16H2,1-4H3,(H,29,31)/b22-14-. The summed E-state index contributed by atoms with van der Waals surface area (Å²) in [5.41, 5.74) is 4.76. The van der Waals surface area contributed by atoms with Crippen LogP contribution in [-0.4, -0.2) is 16.5 Å². The van der Waals surface area contributed by atoms with Gasteiger partial charge < -0.3 is 14.6 Å². The Balaban J connectivity index is 1.81. The van der Waals surface area contributed by atoms with Gasteiger partial charge in [-0.3, -0.25) is 4.79 Å². The van der Waals surface area contributed by atoms with Gasteiger partial charge in [-0.25, -0.2) is 0 Å². The number of nitriles is 1. The van der Waals surface area contributed by atoms with Crippen molar-refractivity contribution in [3.8, 4) is 17.5 Å². The van der Waals surface area contributed by atoms with E-state index >= 15 is 0 Å². The second kappa shape index (κ2) is 10.2. The quantitative estimate of drug-likeness (QED) is 0.370. The molecule has 3 rings (SSSR count). The number of halogens is 1. The van der Waals surface area contributed by atoms with E-state index in [4.69, 9.17) is 16.3 Å². The van der Waals surface area contributed by atoms with Crippen LogP contribution in [0, 0.1) is 25.2 Å². The number of benzene rings is 2. The largest absolute Gasteiger partial charge is 0.489 e. The minimum Gasteiger partial charge on any atom is -0.489 e. The van der Waals surface area contributed by atoms with Crippen molar-refractivity contribution >= 4 is 23.6 Å². The molecular formula is C26H26ClN3O2. The van der Waals surface area contributed by atoms with Crippen LogP contribution < -0.4 is 10.1 Å². The van der Waals surface area contributed by atoms with E-state index in [1.54, 1.807) is 6.08 Å². The lowest BCUT2D eigenvalue weighted by atomic mass is 10.1. The maximum Gasteiger partial charge on any atom is 0.262 e. The van der Waals surface area contributed by atoms with Crippen LogP contribution in [0.3, 0.4) is 0 Å². The Hall–Kier alpha value is -3.49. The summed E-state index contributed by atoms with van der Waals surface area (Å²) in [7, 11) is 0. The van der Waals surface area contributed by atoms with Gasteiger partial charge in [0.15, 0.2) is 0 Å². The predicted octanol–water partition coefficient (Wildman–Crippen LogP) is 5.76. The van der Waals surface area contributed by atoms with E-state index in [1.807, 2.05) is 88.4 Å². The summed E-state index contributed by atoms with van der Waals surface area (Å²) in [6, 6.07) is 19.3. The molecule has 32 heavy (non-hydrogen) atoms. The van der Waals surface area contributed by atoms with Gasteiger partial charge in [-0.05, 0) is 75.7 Å². The molecule has 0 unspecified atom stereocenters. The van der Waals surface area contributed by atoms with Gasteiger partial charge in [0, 0.05) is 33.7 Å². The number of aromatic nitrogens is 1. The number of hydrogen-bond acceptors (Lipinski definition) is 3. The lowest BCUT2D eigenvalue weighted by Crippen LogP contribution is -2.30. The van der Waals surface area contributed by atoms with Crippen molar-refractivity contribution in [2.75, 3.05) is 0 Å². The molecule has 0 radical (unpaired) electrons. The summed E-state index contributed by atoms with van der Waals surface area (Å²) in [4.78, 5) is 12.3. The van der Waals surface area contributed by atoms with Crippen LogP contribution in [0.5, 0.6) is 5.75 Å². The first-order valence-electron chi connectivity index (χ1n) is 10.4. The van der Waals surface area contributed by atoms with Crippen molar-refractivity contribution in [2.24, 2.45) is 0 Å². The van der Waals surface area contributed by atoms with Gasteiger partial charge in [-0.15, -0.1) is 0 Å². The van der Waals surface area contributed by atoms with Crippen LogP contribution in [0.25, 0.3) is 11.8 Å². The molecule has 164 valence electrons. The Bertz CT molecular complexity index is 1180. The van der Waals surface area contributed by atoms with Crippen LogP contribution in [0.2, 0.25) is 5.02 Å². The van der Waals surface area contributed by atoms with E-state index in [0.29, 0.717) is 11.6 Å². The predicted molar refractivity (Wildman–Crippen MR) is 128 cm³/mol. The first-order chi connectivity index (χ1) is 15.3. The molecular weight excluding hydrogens is 422 g/mol. The highest BCUT2D eigenvalue weighted by Gasteiger charge is 2.14. The molecule has 0 saturated heterocycles. The maximum absolute atomic E-state index is 12.3. The van der Waals surface area contributed by atoms with Crippen molar-refractivity contribution in [1.82, 2.24) is 9.88 Å². The Morgan fingerprint density at radius 2 is 1.88 bits per heavy atom. The van der Waals surface area contributed by atoms with E-state index in [1.165, 1.54) is 0 Å². The molecule has 0 aliphatic heterocycles. The van der Waals surface area contributed by atoms with Gasteiger partial charge >= 0.3 is 0 Å². The molecule has 0 spiro atoms. The molecule has 1 heterocycles. The Labute approximate surface area is 193 Å². The zero-order chi connectivity index (χ0) is 23.3. The highest BCUT2D eigenvalue weighted by atomic mass is 35.5. The summed E-state index contributed by atoms with van der Waals surface area (Å²) in [6.45, 7) is 8.08. The molecule has 1 amide bonds. The van der Waals surface area contributed by atoms with Crippen LogP contribution in [0.4, 0.5) is 0 Å². The number of carbonyl (C=O) groups excluding carboxylic acids is 1. The zero-order valence-corrected chi connectivity index (χ0v) is 19.4. The third kappa shape index (κ3) is 5.40. The normalized spacial score (nSPS) is 11.3. The van der Waals surface area contributed by atoms with Crippen molar-refractivity contribution in [2.45, 2.75) is 40.3 Å². The average molecular weight is 448 g/mol. The molecule has 1 N–H and O–H groups in total. The Morgan fingerprint density at radius 1 is 1.19 bits per heavy atom. The van der Waals surface area contributed by atoms with Crippen molar-refractivity contribution < 1.29 is 9.53 Å². The molecule has 2 aromatic carbocycles. The lowest BCUT2D eigenvalue weighted by molar-refractivity contribution is -0.117. The number of nitrogens with one attached hydrogen (secondary N) is 1. The molecule has 0 atom stereocenters. The van der Waals surface area contributed by atoms with Gasteiger partial charge in [0.1, 0.15) is 24.0 Å². The second-order valence-corrected chi connectivity index (χ2v) is 8.24. The monoisotopic (exact) mass is 447 g/mol. The maximum atomic E-state index is 12.3. The number of amides is 1. The van der Waals surface area contributed by atoms with Gasteiger partial charge in [0.05, 0.1) is 0 Å². The third-order valence-corrected chi connectivity index (χ3v) is 5.37. The van der Waals surface area contributed by atoms with E-state index < -0.39 is 0 Å². The van der Waals surface area contributed by atoms with Crippen LogP contribution >= 0.6 is 11.6 Å². The number of aryl methyl sites for hydroxylation is 1. The lowest BCUT2D eigenvalue weighted by Gasteiger charge is -2.12. The average Bonchev–Trinajstić information content (AvgIpc) is 3.04. The van der Waals surface area contributed by atoms with E-state index in [-0.39, 0.29) is 17.5 Å². The third-order valence-electron chi connectivity index (χ3n) is 5.00. The molecule has 0 saturated carbocycles. The fourth-order valence-electron chi connectivity index (χ4n) is 3.44. The molecule has 0 fully saturated rings.